The molecule has 0 aromatic heterocycles. The van der Waals surface area contributed by atoms with Crippen LogP contribution in [0.4, 0.5) is 0 Å². The number of carbonyl (C=O) groups is 1. The number of benzene rings is 1. The second kappa shape index (κ2) is 7.01. The molecule has 0 spiro atoms. The summed E-state index contributed by atoms with van der Waals surface area (Å²) in [5, 5.41) is 9.47. The number of phenols is 1. The van der Waals surface area contributed by atoms with Crippen LogP contribution in [0.25, 0.3) is 0 Å². The van der Waals surface area contributed by atoms with Gasteiger partial charge in [0.15, 0.2) is 0 Å². The van der Waals surface area contributed by atoms with E-state index in [1.807, 2.05) is 26.8 Å². The van der Waals surface area contributed by atoms with Gasteiger partial charge in [0.05, 0.1) is 6.04 Å². The predicted molar refractivity (Wildman–Crippen MR) is 70.4 cm³/mol. The van der Waals surface area contributed by atoms with E-state index in [2.05, 4.69) is 0 Å². The molecule has 1 aromatic carbocycles. The number of amides is 1. The molecule has 18 heavy (non-hydrogen) atoms. The monoisotopic (exact) mass is 251 g/mol. The van der Waals surface area contributed by atoms with Crippen molar-refractivity contribution < 1.29 is 14.6 Å². The van der Waals surface area contributed by atoms with E-state index >= 15 is 0 Å². The van der Waals surface area contributed by atoms with Gasteiger partial charge < -0.3 is 14.7 Å². The molecule has 0 aliphatic carbocycles. The summed E-state index contributed by atoms with van der Waals surface area (Å²) in [6.45, 7) is 6.99. The van der Waals surface area contributed by atoms with E-state index in [1.54, 1.807) is 23.1 Å². The second-order valence-corrected chi connectivity index (χ2v) is 4.09. The highest BCUT2D eigenvalue weighted by Crippen LogP contribution is 2.23. The SMILES string of the molecule is CCOCC(=O)N(CC)C(C)c1cccc(O)c1. The van der Waals surface area contributed by atoms with Gasteiger partial charge in [-0.1, -0.05) is 12.1 Å². The van der Waals surface area contributed by atoms with Crippen molar-refractivity contribution in [3.8, 4) is 5.75 Å². The standard InChI is InChI=1S/C14H21NO3/c1-4-15(14(17)10-18-5-2)11(3)12-7-6-8-13(16)9-12/h6-9,11,16H,4-5,10H2,1-3H3. The zero-order chi connectivity index (χ0) is 13.5. The number of carbonyl (C=O) groups excluding carboxylic acids is 1. The fourth-order valence-electron chi connectivity index (χ4n) is 1.90. The smallest absolute Gasteiger partial charge is 0.249 e. The summed E-state index contributed by atoms with van der Waals surface area (Å²) < 4.78 is 5.15. The summed E-state index contributed by atoms with van der Waals surface area (Å²) >= 11 is 0. The molecule has 1 aromatic rings. The minimum absolute atomic E-state index is 0.0322. The Hall–Kier alpha value is -1.55. The molecule has 4 nitrogen and oxygen atoms in total. The van der Waals surface area contributed by atoms with Crippen LogP contribution in [0.5, 0.6) is 5.75 Å². The minimum atomic E-state index is -0.0740. The average Bonchev–Trinajstić information content (AvgIpc) is 2.37. The van der Waals surface area contributed by atoms with Crippen molar-refractivity contribution in [2.45, 2.75) is 26.8 Å². The molecule has 100 valence electrons. The molecular formula is C14H21NO3. The Balaban J connectivity index is 2.78. The number of likely N-dealkylation sites (N-methyl/N-ethyl adjacent to an activating group) is 1. The molecular weight excluding hydrogens is 230 g/mol. The molecule has 1 amide bonds. The summed E-state index contributed by atoms with van der Waals surface area (Å²) in [5.74, 6) is 0.183. The first-order chi connectivity index (χ1) is 8.60. The Morgan fingerprint density at radius 2 is 2.17 bits per heavy atom. The van der Waals surface area contributed by atoms with Crippen LogP contribution >= 0.6 is 0 Å². The maximum Gasteiger partial charge on any atom is 0.249 e. The van der Waals surface area contributed by atoms with Gasteiger partial charge in [-0.3, -0.25) is 4.79 Å². The largest absolute Gasteiger partial charge is 0.508 e. The number of rotatable bonds is 6. The molecule has 0 aliphatic heterocycles. The van der Waals surface area contributed by atoms with Crippen LogP contribution in [0.15, 0.2) is 24.3 Å². The van der Waals surface area contributed by atoms with Gasteiger partial charge in [-0.2, -0.15) is 0 Å². The fourth-order valence-corrected chi connectivity index (χ4v) is 1.90. The van der Waals surface area contributed by atoms with Crippen molar-refractivity contribution in [1.82, 2.24) is 4.90 Å². The summed E-state index contributed by atoms with van der Waals surface area (Å²) in [6, 6.07) is 6.91. The molecule has 0 heterocycles. The Morgan fingerprint density at radius 3 is 2.72 bits per heavy atom. The van der Waals surface area contributed by atoms with Crippen LogP contribution in [0.1, 0.15) is 32.4 Å². The number of hydrogen-bond acceptors (Lipinski definition) is 3. The summed E-state index contributed by atoms with van der Waals surface area (Å²) in [7, 11) is 0. The number of hydrogen-bond donors (Lipinski definition) is 1. The highest BCUT2D eigenvalue weighted by atomic mass is 16.5. The van der Waals surface area contributed by atoms with Crippen molar-refractivity contribution in [3.05, 3.63) is 29.8 Å². The summed E-state index contributed by atoms with van der Waals surface area (Å²) in [6.07, 6.45) is 0. The normalized spacial score (nSPS) is 12.2. The Labute approximate surface area is 108 Å². The van der Waals surface area contributed by atoms with Crippen LogP contribution in [-0.4, -0.2) is 35.7 Å². The number of ether oxygens (including phenoxy) is 1. The molecule has 0 fully saturated rings. The van der Waals surface area contributed by atoms with Crippen LogP contribution < -0.4 is 0 Å². The highest BCUT2D eigenvalue weighted by molar-refractivity contribution is 5.78. The molecule has 0 radical (unpaired) electrons. The maximum atomic E-state index is 12.0. The van der Waals surface area contributed by atoms with Crippen LogP contribution in [-0.2, 0) is 9.53 Å². The first-order valence-corrected chi connectivity index (χ1v) is 6.26. The van der Waals surface area contributed by atoms with E-state index in [0.717, 1.165) is 5.56 Å². The molecule has 1 atom stereocenters. The van der Waals surface area contributed by atoms with E-state index in [0.29, 0.717) is 13.2 Å². The van der Waals surface area contributed by atoms with Gasteiger partial charge >= 0.3 is 0 Å². The average molecular weight is 251 g/mol. The van der Waals surface area contributed by atoms with Crippen LogP contribution in [0.2, 0.25) is 0 Å². The lowest BCUT2D eigenvalue weighted by molar-refractivity contribution is -0.137. The summed E-state index contributed by atoms with van der Waals surface area (Å²) in [5.41, 5.74) is 0.918. The van der Waals surface area contributed by atoms with Gasteiger partial charge in [-0.25, -0.2) is 0 Å². The first-order valence-electron chi connectivity index (χ1n) is 6.26. The molecule has 1 unspecified atom stereocenters. The van der Waals surface area contributed by atoms with E-state index < -0.39 is 0 Å². The van der Waals surface area contributed by atoms with Crippen molar-refractivity contribution >= 4 is 5.91 Å². The predicted octanol–water partition coefficient (Wildman–Crippen LogP) is 2.34. The van der Waals surface area contributed by atoms with Crippen LogP contribution in [0.3, 0.4) is 0 Å². The molecule has 0 saturated carbocycles. The van der Waals surface area contributed by atoms with Crippen molar-refractivity contribution in [1.29, 1.82) is 0 Å². The van der Waals surface area contributed by atoms with Gasteiger partial charge in [0.25, 0.3) is 0 Å². The van der Waals surface area contributed by atoms with Gasteiger partial charge in [-0.15, -0.1) is 0 Å². The van der Waals surface area contributed by atoms with E-state index in [4.69, 9.17) is 4.74 Å². The molecule has 4 heteroatoms. The van der Waals surface area contributed by atoms with Crippen molar-refractivity contribution in [2.24, 2.45) is 0 Å². The van der Waals surface area contributed by atoms with Crippen molar-refractivity contribution in [3.63, 3.8) is 0 Å². The van der Waals surface area contributed by atoms with Gasteiger partial charge in [-0.05, 0) is 38.5 Å². The van der Waals surface area contributed by atoms with Crippen molar-refractivity contribution in [2.75, 3.05) is 19.8 Å². The highest BCUT2D eigenvalue weighted by Gasteiger charge is 2.19. The molecule has 1 N–H and O–H groups in total. The van der Waals surface area contributed by atoms with Gasteiger partial charge in [0.2, 0.25) is 5.91 Å². The lowest BCUT2D eigenvalue weighted by atomic mass is 10.1. The topological polar surface area (TPSA) is 49.8 Å². The number of nitrogens with zero attached hydrogens (tertiary/aromatic N) is 1. The molecule has 0 bridgehead atoms. The maximum absolute atomic E-state index is 12.0. The quantitative estimate of drug-likeness (QED) is 0.844. The summed E-state index contributed by atoms with van der Waals surface area (Å²) in [4.78, 5) is 13.7. The third-order valence-corrected chi connectivity index (χ3v) is 2.91. The van der Waals surface area contributed by atoms with Crippen LogP contribution in [0, 0.1) is 0 Å². The molecule has 0 aliphatic rings. The van der Waals surface area contributed by atoms with Gasteiger partial charge in [0, 0.05) is 13.2 Å². The molecule has 0 saturated heterocycles. The third-order valence-electron chi connectivity index (χ3n) is 2.91. The first kappa shape index (κ1) is 14.5. The Kier molecular flexibility index (Phi) is 5.65. The fraction of sp³-hybridized carbons (Fsp3) is 0.500. The molecule has 1 rings (SSSR count). The van der Waals surface area contributed by atoms with E-state index in [9.17, 15) is 9.90 Å². The second-order valence-electron chi connectivity index (χ2n) is 4.09. The Morgan fingerprint density at radius 1 is 1.44 bits per heavy atom. The zero-order valence-electron chi connectivity index (χ0n) is 11.2. The minimum Gasteiger partial charge on any atom is -0.508 e. The Bertz CT molecular complexity index is 392. The third kappa shape index (κ3) is 3.74. The number of phenolic OH excluding ortho intramolecular Hbond substituents is 1. The number of aromatic hydroxyl groups is 1. The zero-order valence-corrected chi connectivity index (χ0v) is 11.2. The van der Waals surface area contributed by atoms with E-state index in [1.165, 1.54) is 0 Å². The lowest BCUT2D eigenvalue weighted by Crippen LogP contribution is -2.36. The lowest BCUT2D eigenvalue weighted by Gasteiger charge is -2.28. The van der Waals surface area contributed by atoms with E-state index in [-0.39, 0.29) is 24.3 Å². The van der Waals surface area contributed by atoms with Gasteiger partial charge in [0.1, 0.15) is 12.4 Å².